The minimum Gasteiger partial charge on any atom is -0.383 e. The molecule has 0 saturated carbocycles. The smallest absolute Gasteiger partial charge is 0.222 e. The first-order valence-corrected chi connectivity index (χ1v) is 12.2. The number of rotatable bonds is 29. The maximum atomic E-state index is 11.4. The Morgan fingerprint density at radius 2 is 0.824 bits per heavy atom. The van der Waals surface area contributed by atoms with E-state index < -0.39 is 0 Å². The van der Waals surface area contributed by atoms with Gasteiger partial charge in [-0.2, -0.15) is 0 Å². The van der Waals surface area contributed by atoms with Gasteiger partial charge in [-0.3, -0.25) is 4.79 Å². The second-order valence-corrected chi connectivity index (χ2v) is 6.99. The molecule has 0 saturated heterocycles. The zero-order chi connectivity index (χ0) is 24.8. The number of amides is 1. The van der Waals surface area contributed by atoms with Crippen molar-refractivity contribution in [2.45, 2.75) is 19.8 Å². The Bertz CT molecular complexity index is 404. The molecule has 0 aliphatic carbocycles. The van der Waals surface area contributed by atoms with Crippen molar-refractivity contribution in [2.75, 3.05) is 126 Å². The molecular weight excluding hydrogens is 450 g/mol. The fraction of sp³-hybridized carbons (Fsp3) is 0.957. The Hall–Kier alpha value is -0.890. The average molecular weight is 498 g/mol. The average Bonchev–Trinajstić information content (AvgIpc) is 2.84. The molecule has 0 unspecified atom stereocenters. The summed E-state index contributed by atoms with van der Waals surface area (Å²) in [6.07, 6.45) is 1.35. The van der Waals surface area contributed by atoms with E-state index in [0.717, 1.165) is 13.0 Å². The molecule has 0 aromatic heterocycles. The molecule has 0 spiro atoms. The Labute approximate surface area is 205 Å². The van der Waals surface area contributed by atoms with Gasteiger partial charge in [-0.05, 0) is 6.42 Å². The summed E-state index contributed by atoms with van der Waals surface area (Å²) in [6, 6.07) is 0. The summed E-state index contributed by atoms with van der Waals surface area (Å²) >= 11 is 0. The van der Waals surface area contributed by atoms with Crippen molar-refractivity contribution in [1.29, 1.82) is 0 Å². The highest BCUT2D eigenvalue weighted by Gasteiger charge is 2.00. The molecule has 0 fully saturated rings. The van der Waals surface area contributed by atoms with Crippen LogP contribution in [0, 0.1) is 0 Å². The van der Waals surface area contributed by atoms with Crippen molar-refractivity contribution in [3.05, 3.63) is 0 Å². The SMILES string of the molecule is CCCOCCOCCOCCOCCOCCOCCOCCOCCC(=O)NCCOC. The summed E-state index contributed by atoms with van der Waals surface area (Å²) in [6.45, 7) is 11.6. The minimum absolute atomic E-state index is 0.0460. The van der Waals surface area contributed by atoms with E-state index in [1.165, 1.54) is 0 Å². The van der Waals surface area contributed by atoms with Gasteiger partial charge in [0.25, 0.3) is 0 Å². The van der Waals surface area contributed by atoms with E-state index >= 15 is 0 Å². The standard InChI is InChI=1S/C23H47NO10/c1-3-6-27-9-11-29-13-15-31-17-19-33-21-22-34-20-18-32-16-14-30-12-10-28-7-4-23(25)24-5-8-26-2/h3-22H2,1-2H3,(H,24,25). The van der Waals surface area contributed by atoms with Crippen LogP contribution in [0.5, 0.6) is 0 Å². The van der Waals surface area contributed by atoms with Crippen LogP contribution in [0.4, 0.5) is 0 Å². The van der Waals surface area contributed by atoms with Gasteiger partial charge < -0.3 is 47.9 Å². The van der Waals surface area contributed by atoms with Crippen molar-refractivity contribution < 1.29 is 47.4 Å². The maximum absolute atomic E-state index is 11.4. The van der Waals surface area contributed by atoms with Gasteiger partial charge in [0.05, 0.1) is 106 Å². The van der Waals surface area contributed by atoms with Gasteiger partial charge in [-0.15, -0.1) is 0 Å². The van der Waals surface area contributed by atoms with Gasteiger partial charge in [0.15, 0.2) is 0 Å². The molecule has 0 atom stereocenters. The third-order valence-corrected chi connectivity index (χ3v) is 4.05. The van der Waals surface area contributed by atoms with Crippen LogP contribution in [-0.4, -0.2) is 132 Å². The van der Waals surface area contributed by atoms with Gasteiger partial charge >= 0.3 is 0 Å². The lowest BCUT2D eigenvalue weighted by atomic mass is 10.4. The fourth-order valence-corrected chi connectivity index (χ4v) is 2.33. The number of carbonyl (C=O) groups excluding carboxylic acids is 1. The van der Waals surface area contributed by atoms with E-state index in [0.29, 0.717) is 119 Å². The third kappa shape index (κ3) is 29.1. The normalized spacial score (nSPS) is 11.2. The molecule has 1 N–H and O–H groups in total. The van der Waals surface area contributed by atoms with E-state index in [2.05, 4.69) is 12.2 Å². The fourth-order valence-electron chi connectivity index (χ4n) is 2.33. The predicted octanol–water partition coefficient (Wildman–Crippen LogP) is 0.682. The van der Waals surface area contributed by atoms with Crippen molar-refractivity contribution in [3.63, 3.8) is 0 Å². The second-order valence-electron chi connectivity index (χ2n) is 6.99. The number of ether oxygens (including phenoxy) is 9. The molecule has 11 heteroatoms. The number of carbonyl (C=O) groups is 1. The van der Waals surface area contributed by atoms with Crippen molar-refractivity contribution in [1.82, 2.24) is 5.32 Å². The van der Waals surface area contributed by atoms with Crippen LogP contribution in [0.1, 0.15) is 19.8 Å². The van der Waals surface area contributed by atoms with Crippen LogP contribution >= 0.6 is 0 Å². The highest BCUT2D eigenvalue weighted by atomic mass is 16.6. The Morgan fingerprint density at radius 3 is 1.15 bits per heavy atom. The van der Waals surface area contributed by atoms with E-state index in [1.807, 2.05) is 0 Å². The molecule has 0 radical (unpaired) electrons. The molecule has 11 nitrogen and oxygen atoms in total. The van der Waals surface area contributed by atoms with Crippen molar-refractivity contribution >= 4 is 5.91 Å². The molecule has 0 aliphatic heterocycles. The predicted molar refractivity (Wildman–Crippen MR) is 126 cm³/mol. The summed E-state index contributed by atoms with van der Waals surface area (Å²) in [5.41, 5.74) is 0. The van der Waals surface area contributed by atoms with E-state index in [4.69, 9.17) is 42.6 Å². The summed E-state index contributed by atoms with van der Waals surface area (Å²) in [4.78, 5) is 11.4. The molecule has 0 aromatic rings. The van der Waals surface area contributed by atoms with E-state index in [9.17, 15) is 4.79 Å². The van der Waals surface area contributed by atoms with Gasteiger partial charge in [0.2, 0.25) is 5.91 Å². The number of hydrogen-bond donors (Lipinski definition) is 1. The first-order chi connectivity index (χ1) is 16.8. The van der Waals surface area contributed by atoms with Gasteiger partial charge in [-0.25, -0.2) is 0 Å². The quantitative estimate of drug-likeness (QED) is 0.148. The zero-order valence-corrected chi connectivity index (χ0v) is 21.2. The van der Waals surface area contributed by atoms with E-state index in [1.54, 1.807) is 7.11 Å². The Morgan fingerprint density at radius 1 is 0.500 bits per heavy atom. The van der Waals surface area contributed by atoms with Crippen LogP contribution < -0.4 is 5.32 Å². The summed E-state index contributed by atoms with van der Waals surface area (Å²) in [7, 11) is 1.59. The van der Waals surface area contributed by atoms with Gasteiger partial charge in [0.1, 0.15) is 0 Å². The molecule has 34 heavy (non-hydrogen) atoms. The molecule has 0 heterocycles. The van der Waals surface area contributed by atoms with Crippen LogP contribution in [0.25, 0.3) is 0 Å². The lowest BCUT2D eigenvalue weighted by Gasteiger charge is -2.08. The highest BCUT2D eigenvalue weighted by Crippen LogP contribution is 1.87. The Balaban J connectivity index is 3.06. The highest BCUT2D eigenvalue weighted by molar-refractivity contribution is 5.75. The van der Waals surface area contributed by atoms with Gasteiger partial charge in [0, 0.05) is 26.7 Å². The maximum Gasteiger partial charge on any atom is 0.222 e. The third-order valence-electron chi connectivity index (χ3n) is 4.05. The van der Waals surface area contributed by atoms with Crippen LogP contribution in [0.2, 0.25) is 0 Å². The topological polar surface area (TPSA) is 112 Å². The zero-order valence-electron chi connectivity index (χ0n) is 21.2. The number of hydrogen-bond acceptors (Lipinski definition) is 10. The van der Waals surface area contributed by atoms with E-state index in [-0.39, 0.29) is 5.91 Å². The molecule has 0 rings (SSSR count). The van der Waals surface area contributed by atoms with Crippen LogP contribution in [-0.2, 0) is 47.4 Å². The summed E-state index contributed by atoms with van der Waals surface area (Å²) in [5, 5.41) is 2.73. The second kappa shape index (κ2) is 30.1. The molecule has 0 aromatic carbocycles. The van der Waals surface area contributed by atoms with Crippen molar-refractivity contribution in [2.24, 2.45) is 0 Å². The molecule has 1 amide bonds. The summed E-state index contributed by atoms with van der Waals surface area (Å²) < 4.78 is 48.0. The monoisotopic (exact) mass is 497 g/mol. The van der Waals surface area contributed by atoms with Gasteiger partial charge in [-0.1, -0.05) is 6.92 Å². The van der Waals surface area contributed by atoms with Crippen LogP contribution in [0.15, 0.2) is 0 Å². The minimum atomic E-state index is -0.0460. The lowest BCUT2D eigenvalue weighted by molar-refractivity contribution is -0.122. The Kier molecular flexibility index (Phi) is 29.4. The lowest BCUT2D eigenvalue weighted by Crippen LogP contribution is -2.27. The first-order valence-electron chi connectivity index (χ1n) is 12.2. The molecule has 204 valence electrons. The largest absolute Gasteiger partial charge is 0.383 e. The molecular formula is C23H47NO10. The number of methoxy groups -OCH3 is 1. The molecule has 0 aliphatic rings. The first kappa shape index (κ1) is 33.1. The number of nitrogens with one attached hydrogen (secondary N) is 1. The van der Waals surface area contributed by atoms with Crippen LogP contribution in [0.3, 0.4) is 0 Å². The van der Waals surface area contributed by atoms with Crippen molar-refractivity contribution in [3.8, 4) is 0 Å². The molecule has 0 bridgehead atoms. The summed E-state index contributed by atoms with van der Waals surface area (Å²) in [5.74, 6) is -0.0460.